The molecule has 0 aliphatic carbocycles. The Hall–Kier alpha value is -2.28. The highest BCUT2D eigenvalue weighted by Gasteiger charge is 2.39. The number of carboxylic acids is 1. The first-order chi connectivity index (χ1) is 10.1. The van der Waals surface area contributed by atoms with E-state index in [1.165, 1.54) is 4.80 Å². The number of carboxylic acid groups (broad SMARTS) is 1. The van der Waals surface area contributed by atoms with Crippen LogP contribution in [0.25, 0.3) is 11.4 Å². The van der Waals surface area contributed by atoms with Gasteiger partial charge in [0.2, 0.25) is 5.82 Å². The van der Waals surface area contributed by atoms with E-state index < -0.39 is 11.5 Å². The zero-order valence-electron chi connectivity index (χ0n) is 13.2. The Balaban J connectivity index is 2.36. The third-order valence-electron chi connectivity index (χ3n) is 3.36. The molecular weight excluding hydrogens is 282 g/mol. The fraction of sp³-hybridized carbons (Fsp3) is 0.467. The predicted octanol–water partition coefficient (Wildman–Crippen LogP) is 1.55. The molecule has 22 heavy (non-hydrogen) atoms. The fourth-order valence-corrected chi connectivity index (χ4v) is 2.45. The average Bonchev–Trinajstić information content (AvgIpc) is 2.83. The fourth-order valence-electron chi connectivity index (χ4n) is 2.45. The van der Waals surface area contributed by atoms with Crippen LogP contribution in [0, 0.1) is 5.41 Å². The maximum Gasteiger partial charge on any atom is 0.328 e. The lowest BCUT2D eigenvalue weighted by atomic mass is 9.76. The highest BCUT2D eigenvalue weighted by molar-refractivity contribution is 5.80. The third-order valence-corrected chi connectivity index (χ3v) is 3.36. The summed E-state index contributed by atoms with van der Waals surface area (Å²) >= 11 is 0. The summed E-state index contributed by atoms with van der Waals surface area (Å²) in [7, 11) is 1.68. The molecule has 0 aliphatic heterocycles. The Morgan fingerprint density at radius 2 is 1.86 bits per heavy atom. The number of hydrogen-bond acceptors (Lipinski definition) is 5. The van der Waals surface area contributed by atoms with Crippen LogP contribution in [-0.2, 0) is 17.4 Å². The lowest BCUT2D eigenvalue weighted by molar-refractivity contribution is -0.145. The molecule has 0 amide bonds. The summed E-state index contributed by atoms with van der Waals surface area (Å²) in [6.07, 6.45) is 0.331. The molecule has 1 aromatic heterocycles. The maximum atomic E-state index is 11.7. The highest BCUT2D eigenvalue weighted by Crippen LogP contribution is 2.33. The Labute approximate surface area is 129 Å². The van der Waals surface area contributed by atoms with Gasteiger partial charge in [-0.3, -0.25) is 0 Å². The minimum absolute atomic E-state index is 0.210. The van der Waals surface area contributed by atoms with E-state index in [2.05, 4.69) is 15.4 Å². The first-order valence-corrected chi connectivity index (χ1v) is 6.99. The number of aromatic nitrogens is 4. The minimum atomic E-state index is -1.42. The molecule has 3 N–H and O–H groups in total. The van der Waals surface area contributed by atoms with E-state index in [1.807, 2.05) is 20.8 Å². The van der Waals surface area contributed by atoms with Crippen LogP contribution in [0.3, 0.4) is 0 Å². The van der Waals surface area contributed by atoms with E-state index >= 15 is 0 Å². The van der Waals surface area contributed by atoms with Gasteiger partial charge in [0.05, 0.1) is 7.05 Å². The van der Waals surface area contributed by atoms with Gasteiger partial charge in [0.15, 0.2) is 0 Å². The standard InChI is InChI=1S/C15H21N5O2/c1-14(2,3)9-15(16,13(21)22)11-7-5-10(6-8-11)12-17-19-20(4)18-12/h5-8H,9,16H2,1-4H3,(H,21,22). The lowest BCUT2D eigenvalue weighted by Crippen LogP contribution is -2.47. The van der Waals surface area contributed by atoms with E-state index in [9.17, 15) is 9.90 Å². The molecule has 7 nitrogen and oxygen atoms in total. The van der Waals surface area contributed by atoms with Crippen molar-refractivity contribution in [3.63, 3.8) is 0 Å². The topological polar surface area (TPSA) is 107 Å². The predicted molar refractivity (Wildman–Crippen MR) is 81.8 cm³/mol. The molecule has 2 rings (SSSR count). The molecule has 1 unspecified atom stereocenters. The lowest BCUT2D eigenvalue weighted by Gasteiger charge is -2.32. The number of carbonyl (C=O) groups is 1. The van der Waals surface area contributed by atoms with Crippen LogP contribution in [0.1, 0.15) is 32.8 Å². The van der Waals surface area contributed by atoms with E-state index in [0.717, 1.165) is 5.56 Å². The molecule has 0 bridgehead atoms. The van der Waals surface area contributed by atoms with Gasteiger partial charge in [-0.2, -0.15) is 4.80 Å². The molecule has 1 aromatic carbocycles. The van der Waals surface area contributed by atoms with E-state index in [0.29, 0.717) is 17.8 Å². The largest absolute Gasteiger partial charge is 0.480 e. The quantitative estimate of drug-likeness (QED) is 0.887. The smallest absolute Gasteiger partial charge is 0.328 e. The van der Waals surface area contributed by atoms with Gasteiger partial charge < -0.3 is 10.8 Å². The van der Waals surface area contributed by atoms with E-state index in [1.54, 1.807) is 31.3 Å². The third kappa shape index (κ3) is 3.30. The van der Waals surface area contributed by atoms with Gasteiger partial charge in [0.1, 0.15) is 5.54 Å². The molecule has 0 saturated carbocycles. The van der Waals surface area contributed by atoms with Crippen LogP contribution in [-0.4, -0.2) is 31.3 Å². The Morgan fingerprint density at radius 1 is 1.27 bits per heavy atom. The van der Waals surface area contributed by atoms with Gasteiger partial charge in [0.25, 0.3) is 0 Å². The van der Waals surface area contributed by atoms with Gasteiger partial charge in [-0.25, -0.2) is 4.79 Å². The number of nitrogens with zero attached hydrogens (tertiary/aromatic N) is 4. The second-order valence-corrected chi connectivity index (χ2v) is 6.69. The molecule has 1 heterocycles. The van der Waals surface area contributed by atoms with E-state index in [-0.39, 0.29) is 5.41 Å². The summed E-state index contributed by atoms with van der Waals surface area (Å²) in [4.78, 5) is 13.1. The second-order valence-electron chi connectivity index (χ2n) is 6.69. The van der Waals surface area contributed by atoms with Crippen LogP contribution < -0.4 is 5.73 Å². The van der Waals surface area contributed by atoms with Crippen molar-refractivity contribution in [2.24, 2.45) is 18.2 Å². The number of hydrogen-bond donors (Lipinski definition) is 2. The van der Waals surface area contributed by atoms with Crippen molar-refractivity contribution in [3.8, 4) is 11.4 Å². The first-order valence-electron chi connectivity index (χ1n) is 6.99. The van der Waals surface area contributed by atoms with Crippen LogP contribution in [0.5, 0.6) is 0 Å². The average molecular weight is 303 g/mol. The number of benzene rings is 1. The maximum absolute atomic E-state index is 11.7. The van der Waals surface area contributed by atoms with Crippen molar-refractivity contribution >= 4 is 5.97 Å². The number of aliphatic carboxylic acids is 1. The van der Waals surface area contributed by atoms with Gasteiger partial charge in [-0.1, -0.05) is 45.0 Å². The molecule has 0 spiro atoms. The Morgan fingerprint density at radius 3 is 2.27 bits per heavy atom. The van der Waals surface area contributed by atoms with Crippen molar-refractivity contribution in [3.05, 3.63) is 29.8 Å². The molecule has 1 atom stereocenters. The van der Waals surface area contributed by atoms with Crippen molar-refractivity contribution < 1.29 is 9.90 Å². The van der Waals surface area contributed by atoms with Crippen LogP contribution in [0.2, 0.25) is 0 Å². The summed E-state index contributed by atoms with van der Waals surface area (Å²) in [5, 5.41) is 21.4. The minimum Gasteiger partial charge on any atom is -0.480 e. The molecule has 0 fully saturated rings. The van der Waals surface area contributed by atoms with Crippen molar-refractivity contribution in [1.29, 1.82) is 0 Å². The molecule has 118 valence electrons. The molecule has 2 aromatic rings. The normalized spacial score (nSPS) is 14.6. The number of nitrogens with two attached hydrogens (primary N) is 1. The summed E-state index contributed by atoms with van der Waals surface area (Å²) in [5.74, 6) is -0.546. The summed E-state index contributed by atoms with van der Waals surface area (Å²) in [6, 6.07) is 6.95. The van der Waals surface area contributed by atoms with Gasteiger partial charge >= 0.3 is 5.97 Å². The van der Waals surface area contributed by atoms with Crippen LogP contribution in [0.15, 0.2) is 24.3 Å². The molecule has 7 heteroatoms. The van der Waals surface area contributed by atoms with Crippen molar-refractivity contribution in [1.82, 2.24) is 20.2 Å². The number of rotatable bonds is 4. The zero-order chi connectivity index (χ0) is 16.5. The van der Waals surface area contributed by atoms with Crippen LogP contribution >= 0.6 is 0 Å². The molecular formula is C15H21N5O2. The zero-order valence-corrected chi connectivity index (χ0v) is 13.2. The second kappa shape index (κ2) is 5.49. The molecule has 0 radical (unpaired) electrons. The van der Waals surface area contributed by atoms with Gasteiger partial charge in [-0.05, 0) is 22.6 Å². The highest BCUT2D eigenvalue weighted by atomic mass is 16.4. The van der Waals surface area contributed by atoms with Gasteiger partial charge in [-0.15, -0.1) is 10.2 Å². The SMILES string of the molecule is Cn1nnc(-c2ccc(C(N)(CC(C)(C)C)C(=O)O)cc2)n1. The molecule has 0 aliphatic rings. The summed E-state index contributed by atoms with van der Waals surface area (Å²) in [6.45, 7) is 5.90. The summed E-state index contributed by atoms with van der Waals surface area (Å²) in [5.41, 5.74) is 5.88. The Kier molecular flexibility index (Phi) is 4.02. The first kappa shape index (κ1) is 16.1. The van der Waals surface area contributed by atoms with Crippen molar-refractivity contribution in [2.75, 3.05) is 0 Å². The number of tetrazole rings is 1. The molecule has 0 saturated heterocycles. The Bertz CT molecular complexity index is 672. The van der Waals surface area contributed by atoms with E-state index in [4.69, 9.17) is 5.73 Å². The summed E-state index contributed by atoms with van der Waals surface area (Å²) < 4.78 is 0. The monoisotopic (exact) mass is 303 g/mol. The van der Waals surface area contributed by atoms with Crippen molar-refractivity contribution in [2.45, 2.75) is 32.7 Å². The van der Waals surface area contributed by atoms with Gasteiger partial charge in [0, 0.05) is 5.56 Å². The van der Waals surface area contributed by atoms with Crippen LogP contribution in [0.4, 0.5) is 0 Å². The number of aryl methyl sites for hydroxylation is 1.